The molecule has 4 bridgehead atoms. The molecule has 1 aliphatic heterocycles. The third-order valence-corrected chi connectivity index (χ3v) is 8.52. The zero-order valence-electron chi connectivity index (χ0n) is 19.2. The van der Waals surface area contributed by atoms with Gasteiger partial charge in [-0.05, 0) is 80.2 Å². The van der Waals surface area contributed by atoms with Crippen LogP contribution in [0.5, 0.6) is 5.75 Å². The number of aliphatic hydroxyl groups is 1. The highest BCUT2D eigenvalue weighted by atomic mass is 16.5. The molecule has 5 heteroatoms. The van der Waals surface area contributed by atoms with Gasteiger partial charge in [-0.15, -0.1) is 0 Å². The van der Waals surface area contributed by atoms with Crippen molar-refractivity contribution in [1.29, 1.82) is 0 Å². The molecule has 1 saturated heterocycles. The van der Waals surface area contributed by atoms with Gasteiger partial charge < -0.3 is 19.5 Å². The number of piperazine rings is 1. The summed E-state index contributed by atoms with van der Waals surface area (Å²) in [5.41, 5.74) is 1.74. The number of aliphatic hydroxyl groups excluding tert-OH is 1. The normalized spacial score (nSPS) is 33.6. The first-order chi connectivity index (χ1) is 15.1. The fourth-order valence-corrected chi connectivity index (χ4v) is 7.52. The molecule has 1 atom stereocenters. The molecular weight excluding hydrogens is 388 g/mol. The van der Waals surface area contributed by atoms with Gasteiger partial charge in [-0.25, -0.2) is 0 Å². The monoisotopic (exact) mass is 428 g/mol. The number of nitrogens with zero attached hydrogens (tertiary/aromatic N) is 2. The van der Waals surface area contributed by atoms with Gasteiger partial charge in [0.25, 0.3) is 0 Å². The molecule has 0 unspecified atom stereocenters. The number of rotatable bonds is 9. The summed E-state index contributed by atoms with van der Waals surface area (Å²) in [5.74, 6) is 3.95. The second-order valence-electron chi connectivity index (χ2n) is 10.9. The number of β-amino-alcohol motifs (C(OH)–C–C–N with tert-alkyl or cyclic N) is 1. The topological polar surface area (TPSA) is 45.2 Å². The van der Waals surface area contributed by atoms with Crippen LogP contribution in [-0.2, 0) is 4.74 Å². The van der Waals surface area contributed by atoms with E-state index in [-0.39, 0.29) is 0 Å². The molecule has 172 valence electrons. The molecule has 5 fully saturated rings. The second kappa shape index (κ2) is 9.29. The molecule has 1 aromatic rings. The van der Waals surface area contributed by atoms with Crippen LogP contribution in [0, 0.1) is 23.2 Å². The Kier molecular flexibility index (Phi) is 6.45. The van der Waals surface area contributed by atoms with Gasteiger partial charge in [-0.2, -0.15) is 0 Å². The molecule has 0 amide bonds. The van der Waals surface area contributed by atoms with Crippen LogP contribution >= 0.6 is 0 Å². The smallest absolute Gasteiger partial charge is 0.142 e. The van der Waals surface area contributed by atoms with Crippen LogP contribution in [-0.4, -0.2) is 69.2 Å². The minimum absolute atomic E-state index is 0.394. The standard InChI is InChI=1S/C26H40N2O3/c1-30-25-5-3-2-4-24(25)28-9-7-27(8-10-28)18-23(29)19-31-11-6-26-15-20-12-21(16-26)14-22(13-20)17-26/h2-5,20-23,29H,6-19H2,1H3/t20?,21?,22?,23-,26?/m0/s1. The molecule has 1 aromatic carbocycles. The number of ether oxygens (including phenoxy) is 2. The third-order valence-electron chi connectivity index (χ3n) is 8.52. The molecule has 0 radical (unpaired) electrons. The van der Waals surface area contributed by atoms with Crippen molar-refractivity contribution >= 4 is 5.69 Å². The Hall–Kier alpha value is -1.30. The van der Waals surface area contributed by atoms with E-state index in [4.69, 9.17) is 9.47 Å². The van der Waals surface area contributed by atoms with Crippen molar-refractivity contribution in [2.24, 2.45) is 23.2 Å². The summed E-state index contributed by atoms with van der Waals surface area (Å²) >= 11 is 0. The molecular formula is C26H40N2O3. The van der Waals surface area contributed by atoms with Crippen LogP contribution in [0.4, 0.5) is 5.69 Å². The summed E-state index contributed by atoms with van der Waals surface area (Å²) in [6.07, 6.45) is 9.66. The molecule has 6 rings (SSSR count). The number of anilines is 1. The Labute approximate surface area is 187 Å². The molecule has 0 aromatic heterocycles. The average molecular weight is 429 g/mol. The van der Waals surface area contributed by atoms with Crippen LogP contribution < -0.4 is 9.64 Å². The Morgan fingerprint density at radius 1 is 1.00 bits per heavy atom. The summed E-state index contributed by atoms with van der Waals surface area (Å²) in [7, 11) is 1.73. The van der Waals surface area contributed by atoms with E-state index >= 15 is 0 Å². The highest BCUT2D eigenvalue weighted by Crippen LogP contribution is 2.61. The van der Waals surface area contributed by atoms with Crippen molar-refractivity contribution in [3.05, 3.63) is 24.3 Å². The van der Waals surface area contributed by atoms with Crippen LogP contribution in [0.25, 0.3) is 0 Å². The summed E-state index contributed by atoms with van der Waals surface area (Å²) in [5, 5.41) is 10.5. The van der Waals surface area contributed by atoms with E-state index in [0.29, 0.717) is 18.6 Å². The van der Waals surface area contributed by atoms with Gasteiger partial charge >= 0.3 is 0 Å². The van der Waals surface area contributed by atoms with Crippen molar-refractivity contribution in [3.8, 4) is 5.75 Å². The highest BCUT2D eigenvalue weighted by molar-refractivity contribution is 5.58. The lowest BCUT2D eigenvalue weighted by atomic mass is 9.49. The molecule has 4 saturated carbocycles. The zero-order valence-corrected chi connectivity index (χ0v) is 19.2. The largest absolute Gasteiger partial charge is 0.495 e. The lowest BCUT2D eigenvalue weighted by Gasteiger charge is -2.57. The average Bonchev–Trinajstić information content (AvgIpc) is 2.76. The fraction of sp³-hybridized carbons (Fsp3) is 0.769. The highest BCUT2D eigenvalue weighted by Gasteiger charge is 2.50. The number of hydrogen-bond donors (Lipinski definition) is 1. The first kappa shape index (κ1) is 21.5. The first-order valence-electron chi connectivity index (χ1n) is 12.5. The lowest BCUT2D eigenvalue weighted by molar-refractivity contribution is -0.0741. The maximum Gasteiger partial charge on any atom is 0.142 e. The zero-order chi connectivity index (χ0) is 21.3. The second-order valence-corrected chi connectivity index (χ2v) is 10.9. The van der Waals surface area contributed by atoms with Crippen LogP contribution in [0.1, 0.15) is 44.9 Å². The van der Waals surface area contributed by atoms with Crippen molar-refractivity contribution in [2.45, 2.75) is 51.0 Å². The van der Waals surface area contributed by atoms with E-state index in [1.54, 1.807) is 7.11 Å². The molecule has 0 spiro atoms. The lowest BCUT2D eigenvalue weighted by Crippen LogP contribution is -2.49. The SMILES string of the molecule is COc1ccccc1N1CCN(C[C@H](O)COCCC23CC4CC(CC(C4)C2)C3)CC1. The molecule has 5 aliphatic rings. The van der Waals surface area contributed by atoms with Crippen molar-refractivity contribution in [1.82, 2.24) is 4.90 Å². The summed E-state index contributed by atoms with van der Waals surface area (Å²) in [4.78, 5) is 4.74. The Bertz CT molecular complexity index is 696. The predicted molar refractivity (Wildman–Crippen MR) is 124 cm³/mol. The molecule has 5 nitrogen and oxygen atoms in total. The Morgan fingerprint density at radius 3 is 2.29 bits per heavy atom. The summed E-state index contributed by atoms with van der Waals surface area (Å²) in [6.45, 7) is 5.84. The van der Waals surface area contributed by atoms with E-state index in [1.807, 2.05) is 12.1 Å². The maximum absolute atomic E-state index is 10.5. The Morgan fingerprint density at radius 2 is 1.65 bits per heavy atom. The van der Waals surface area contributed by atoms with Gasteiger partial charge in [-0.3, -0.25) is 4.90 Å². The van der Waals surface area contributed by atoms with E-state index in [0.717, 1.165) is 56.3 Å². The quantitative estimate of drug-likeness (QED) is 0.606. The van der Waals surface area contributed by atoms with Crippen LogP contribution in [0.15, 0.2) is 24.3 Å². The van der Waals surface area contributed by atoms with Gasteiger partial charge in [0.05, 0.1) is 25.5 Å². The van der Waals surface area contributed by atoms with Gasteiger partial charge in [-0.1, -0.05) is 12.1 Å². The van der Waals surface area contributed by atoms with Crippen molar-refractivity contribution in [2.75, 3.05) is 57.9 Å². The number of para-hydroxylation sites is 2. The molecule has 31 heavy (non-hydrogen) atoms. The van der Waals surface area contributed by atoms with Gasteiger partial charge in [0.2, 0.25) is 0 Å². The van der Waals surface area contributed by atoms with Gasteiger partial charge in [0.1, 0.15) is 5.75 Å². The summed E-state index contributed by atoms with van der Waals surface area (Å²) in [6, 6.07) is 8.22. The van der Waals surface area contributed by atoms with E-state index in [2.05, 4.69) is 21.9 Å². The predicted octanol–water partition coefficient (Wildman–Crippen LogP) is 3.80. The molecule has 1 heterocycles. The Balaban J connectivity index is 1.01. The molecule has 4 aliphatic carbocycles. The van der Waals surface area contributed by atoms with Crippen molar-refractivity contribution in [3.63, 3.8) is 0 Å². The fourth-order valence-electron chi connectivity index (χ4n) is 7.52. The minimum Gasteiger partial charge on any atom is -0.495 e. The van der Waals surface area contributed by atoms with Gasteiger partial charge in [0, 0.05) is 39.3 Å². The number of methoxy groups -OCH3 is 1. The minimum atomic E-state index is -0.394. The van der Waals surface area contributed by atoms with E-state index in [9.17, 15) is 5.11 Å². The summed E-state index contributed by atoms with van der Waals surface area (Å²) < 4.78 is 11.5. The maximum atomic E-state index is 10.5. The van der Waals surface area contributed by atoms with E-state index in [1.165, 1.54) is 50.6 Å². The van der Waals surface area contributed by atoms with Crippen LogP contribution in [0.3, 0.4) is 0 Å². The van der Waals surface area contributed by atoms with Gasteiger partial charge in [0.15, 0.2) is 0 Å². The number of benzene rings is 1. The van der Waals surface area contributed by atoms with E-state index < -0.39 is 6.10 Å². The number of hydrogen-bond acceptors (Lipinski definition) is 5. The first-order valence-corrected chi connectivity index (χ1v) is 12.5. The third kappa shape index (κ3) is 4.89. The van der Waals surface area contributed by atoms with Crippen molar-refractivity contribution < 1.29 is 14.6 Å². The van der Waals surface area contributed by atoms with Crippen LogP contribution in [0.2, 0.25) is 0 Å². The molecule has 1 N–H and O–H groups in total.